The molecule has 0 unspecified atom stereocenters. The van der Waals surface area contributed by atoms with E-state index in [1.165, 1.54) is 5.56 Å². The van der Waals surface area contributed by atoms with E-state index in [2.05, 4.69) is 10.3 Å². The number of benzene rings is 1. The predicted octanol–water partition coefficient (Wildman–Crippen LogP) is 3.89. The second-order valence-electron chi connectivity index (χ2n) is 6.52. The van der Waals surface area contributed by atoms with Gasteiger partial charge in [-0.1, -0.05) is 12.1 Å². The molecule has 2 N–H and O–H groups in total. The van der Waals surface area contributed by atoms with E-state index in [0.717, 1.165) is 54.0 Å². The van der Waals surface area contributed by atoms with Gasteiger partial charge < -0.3 is 15.3 Å². The maximum absolute atomic E-state index is 12.7. The molecule has 3 aromatic rings. The van der Waals surface area contributed by atoms with Gasteiger partial charge in [-0.2, -0.15) is 0 Å². The van der Waals surface area contributed by atoms with Crippen molar-refractivity contribution in [1.29, 1.82) is 0 Å². The van der Waals surface area contributed by atoms with Crippen LogP contribution in [0.2, 0.25) is 0 Å². The summed E-state index contributed by atoms with van der Waals surface area (Å²) in [5, 5.41) is 14.8. The zero-order valence-electron chi connectivity index (χ0n) is 14.4. The fourth-order valence-corrected chi connectivity index (χ4v) is 4.27. The van der Waals surface area contributed by atoms with Crippen LogP contribution in [-0.4, -0.2) is 40.5 Å². The van der Waals surface area contributed by atoms with E-state index in [1.807, 2.05) is 29.2 Å². The van der Waals surface area contributed by atoms with E-state index in [0.29, 0.717) is 5.69 Å². The Labute approximate surface area is 156 Å². The summed E-state index contributed by atoms with van der Waals surface area (Å²) in [4.78, 5) is 19.0. The number of fused-ring (bicyclic) bond motifs is 1. The van der Waals surface area contributed by atoms with Crippen LogP contribution in [0.4, 0.5) is 5.00 Å². The van der Waals surface area contributed by atoms with Gasteiger partial charge in [0, 0.05) is 35.9 Å². The number of aromatic hydroxyl groups is 1. The molecule has 134 valence electrons. The highest BCUT2D eigenvalue weighted by atomic mass is 32.1. The summed E-state index contributed by atoms with van der Waals surface area (Å²) in [6.45, 7) is 2.46. The van der Waals surface area contributed by atoms with E-state index in [1.54, 1.807) is 29.7 Å². The van der Waals surface area contributed by atoms with Crippen LogP contribution < -0.4 is 5.32 Å². The van der Waals surface area contributed by atoms with Gasteiger partial charge in [-0.3, -0.25) is 9.78 Å². The van der Waals surface area contributed by atoms with Gasteiger partial charge in [0.05, 0.1) is 5.00 Å². The van der Waals surface area contributed by atoms with Gasteiger partial charge in [0.25, 0.3) is 5.91 Å². The Hall–Kier alpha value is -2.60. The fourth-order valence-electron chi connectivity index (χ4n) is 3.28. The van der Waals surface area contributed by atoms with Crippen molar-refractivity contribution in [3.8, 4) is 5.75 Å². The normalized spacial score (nSPS) is 14.1. The average molecular weight is 367 g/mol. The number of aromatic nitrogens is 1. The van der Waals surface area contributed by atoms with Crippen molar-refractivity contribution in [2.45, 2.75) is 19.3 Å². The van der Waals surface area contributed by atoms with Crippen LogP contribution in [-0.2, 0) is 6.42 Å². The quantitative estimate of drug-likeness (QED) is 0.718. The molecule has 0 atom stereocenters. The highest BCUT2D eigenvalue weighted by Crippen LogP contribution is 2.32. The molecule has 1 aromatic carbocycles. The second-order valence-corrected chi connectivity index (χ2v) is 7.61. The number of thiophene rings is 1. The summed E-state index contributed by atoms with van der Waals surface area (Å²) in [5.74, 6) is 0.329. The number of pyridine rings is 1. The Morgan fingerprint density at radius 1 is 1.19 bits per heavy atom. The van der Waals surface area contributed by atoms with Crippen LogP contribution in [0.3, 0.4) is 0 Å². The molecule has 6 heteroatoms. The molecule has 0 spiro atoms. The van der Waals surface area contributed by atoms with Crippen LogP contribution in [0.25, 0.3) is 10.1 Å². The van der Waals surface area contributed by atoms with Crippen molar-refractivity contribution in [2.75, 3.05) is 25.0 Å². The van der Waals surface area contributed by atoms with Crippen molar-refractivity contribution in [1.82, 2.24) is 9.88 Å². The smallest absolute Gasteiger partial charge is 0.273 e. The zero-order valence-corrected chi connectivity index (χ0v) is 15.3. The first-order chi connectivity index (χ1) is 12.7. The zero-order chi connectivity index (χ0) is 17.9. The van der Waals surface area contributed by atoms with E-state index in [4.69, 9.17) is 0 Å². The highest BCUT2D eigenvalue weighted by Gasteiger charge is 2.23. The number of phenols is 1. The van der Waals surface area contributed by atoms with Crippen LogP contribution in [0.1, 0.15) is 28.9 Å². The Morgan fingerprint density at radius 3 is 2.73 bits per heavy atom. The summed E-state index contributed by atoms with van der Waals surface area (Å²) in [6, 6.07) is 11.3. The van der Waals surface area contributed by atoms with Crippen LogP contribution in [0, 0.1) is 0 Å². The molecule has 3 heterocycles. The predicted molar refractivity (Wildman–Crippen MR) is 105 cm³/mol. The summed E-state index contributed by atoms with van der Waals surface area (Å²) in [6.07, 6.45) is 4.75. The van der Waals surface area contributed by atoms with Gasteiger partial charge in [-0.05, 0) is 49.1 Å². The number of nitrogens with one attached hydrogen (secondary N) is 1. The molecule has 26 heavy (non-hydrogen) atoms. The minimum atomic E-state index is 0.0431. The van der Waals surface area contributed by atoms with E-state index in [-0.39, 0.29) is 11.7 Å². The van der Waals surface area contributed by atoms with Crippen LogP contribution >= 0.6 is 11.3 Å². The average Bonchev–Trinajstić information content (AvgIpc) is 3.32. The molecule has 1 aliphatic rings. The first-order valence-electron chi connectivity index (χ1n) is 8.90. The molecule has 0 aliphatic carbocycles. The minimum Gasteiger partial charge on any atom is -0.508 e. The molecule has 0 saturated carbocycles. The third-order valence-electron chi connectivity index (χ3n) is 4.69. The number of rotatable bonds is 5. The van der Waals surface area contributed by atoms with Crippen LogP contribution in [0.5, 0.6) is 5.75 Å². The molecule has 1 saturated heterocycles. The maximum atomic E-state index is 12.7. The molecule has 4 rings (SSSR count). The first-order valence-corrected chi connectivity index (χ1v) is 9.72. The van der Waals surface area contributed by atoms with Crippen molar-refractivity contribution in [3.63, 3.8) is 0 Å². The van der Waals surface area contributed by atoms with Gasteiger partial charge in [0.15, 0.2) is 0 Å². The van der Waals surface area contributed by atoms with Gasteiger partial charge in [-0.25, -0.2) is 0 Å². The molecule has 1 aliphatic heterocycles. The number of carbonyl (C=O) groups is 1. The van der Waals surface area contributed by atoms with Gasteiger partial charge >= 0.3 is 0 Å². The number of phenolic OH excluding ortho intramolecular Hbond substituents is 1. The summed E-state index contributed by atoms with van der Waals surface area (Å²) in [5.41, 5.74) is 1.73. The standard InChI is InChI=1S/C20H21N3O2S/c24-15-5-3-14(4-6-15)7-9-21-18-13-16-17(26-18)8-10-22-19(16)20(25)23-11-1-2-12-23/h3-6,8,10,13,21,24H,1-2,7,9,11-12H2. The molecule has 5 nitrogen and oxygen atoms in total. The van der Waals surface area contributed by atoms with Crippen molar-refractivity contribution < 1.29 is 9.90 Å². The summed E-state index contributed by atoms with van der Waals surface area (Å²) in [7, 11) is 0. The number of nitrogens with zero attached hydrogens (tertiary/aromatic N) is 2. The molecule has 0 bridgehead atoms. The number of hydrogen-bond acceptors (Lipinski definition) is 5. The van der Waals surface area contributed by atoms with Gasteiger partial charge in [-0.15, -0.1) is 11.3 Å². The first kappa shape index (κ1) is 16.8. The third-order valence-corrected chi connectivity index (χ3v) is 5.75. The van der Waals surface area contributed by atoms with E-state index >= 15 is 0 Å². The molecule has 1 amide bonds. The second kappa shape index (κ2) is 7.33. The minimum absolute atomic E-state index is 0.0431. The van der Waals surface area contributed by atoms with Crippen molar-refractivity contribution >= 4 is 32.3 Å². The lowest BCUT2D eigenvalue weighted by Crippen LogP contribution is -2.28. The largest absolute Gasteiger partial charge is 0.508 e. The highest BCUT2D eigenvalue weighted by molar-refractivity contribution is 7.22. The number of anilines is 1. The van der Waals surface area contributed by atoms with Gasteiger partial charge in [0.2, 0.25) is 0 Å². The lowest BCUT2D eigenvalue weighted by atomic mass is 10.1. The Kier molecular flexibility index (Phi) is 4.75. The maximum Gasteiger partial charge on any atom is 0.273 e. The Morgan fingerprint density at radius 2 is 1.96 bits per heavy atom. The third kappa shape index (κ3) is 3.51. The summed E-state index contributed by atoms with van der Waals surface area (Å²) < 4.78 is 1.08. The lowest BCUT2D eigenvalue weighted by Gasteiger charge is -2.14. The lowest BCUT2D eigenvalue weighted by molar-refractivity contribution is 0.0789. The molecule has 2 aromatic heterocycles. The number of carbonyl (C=O) groups excluding carboxylic acids is 1. The topological polar surface area (TPSA) is 65.5 Å². The monoisotopic (exact) mass is 367 g/mol. The number of hydrogen-bond donors (Lipinski definition) is 2. The van der Waals surface area contributed by atoms with E-state index in [9.17, 15) is 9.90 Å². The van der Waals surface area contributed by atoms with Crippen molar-refractivity contribution in [3.05, 3.63) is 53.9 Å². The number of amides is 1. The summed E-state index contributed by atoms with van der Waals surface area (Å²) >= 11 is 1.65. The molecule has 0 radical (unpaired) electrons. The van der Waals surface area contributed by atoms with Crippen molar-refractivity contribution in [2.24, 2.45) is 0 Å². The van der Waals surface area contributed by atoms with E-state index < -0.39 is 0 Å². The molecular formula is C20H21N3O2S. The number of likely N-dealkylation sites (tertiary alicyclic amines) is 1. The van der Waals surface area contributed by atoms with Gasteiger partial charge in [0.1, 0.15) is 11.4 Å². The Bertz CT molecular complexity index is 914. The SMILES string of the molecule is O=C(c1nccc2sc(NCCc3ccc(O)cc3)cc12)N1CCCC1. The van der Waals surface area contributed by atoms with Crippen LogP contribution in [0.15, 0.2) is 42.6 Å². The Balaban J connectivity index is 1.47. The molecule has 1 fully saturated rings. The molecular weight excluding hydrogens is 346 g/mol. The fraction of sp³-hybridized carbons (Fsp3) is 0.300.